The Labute approximate surface area is 130 Å². The molecule has 0 aliphatic rings. The second-order valence-electron chi connectivity index (χ2n) is 4.60. The molecule has 3 rings (SSSR count). The van der Waals surface area contributed by atoms with E-state index in [-0.39, 0.29) is 0 Å². The van der Waals surface area contributed by atoms with Gasteiger partial charge in [0.2, 0.25) is 5.95 Å². The minimum Gasteiger partial charge on any atom is -0.354 e. The van der Waals surface area contributed by atoms with Crippen molar-refractivity contribution < 1.29 is 0 Å². The first-order chi connectivity index (χ1) is 10.2. The number of fused-ring (bicyclic) bond motifs is 1. The first-order valence-electron chi connectivity index (χ1n) is 6.66. The molecule has 1 aromatic carbocycles. The quantitative estimate of drug-likeness (QED) is 0.672. The Morgan fingerprint density at radius 2 is 2.14 bits per heavy atom. The van der Waals surface area contributed by atoms with Crippen LogP contribution in [0.5, 0.6) is 0 Å². The fraction of sp³-hybridized carbons (Fsp3) is 0.214. The predicted octanol–water partition coefficient (Wildman–Crippen LogP) is 3.60. The molecule has 21 heavy (non-hydrogen) atoms. The molecule has 0 unspecified atom stereocenters. The van der Waals surface area contributed by atoms with E-state index in [1.807, 2.05) is 32.0 Å². The zero-order chi connectivity index (χ0) is 14.8. The summed E-state index contributed by atoms with van der Waals surface area (Å²) in [6.45, 7) is 4.81. The highest BCUT2D eigenvalue weighted by molar-refractivity contribution is 9.10. The van der Waals surface area contributed by atoms with E-state index in [0.29, 0.717) is 11.6 Å². The van der Waals surface area contributed by atoms with Crippen molar-refractivity contribution in [2.75, 3.05) is 17.2 Å². The number of hydrogen-bond acceptors (Lipinski definition) is 5. The van der Waals surface area contributed by atoms with Crippen LogP contribution in [0.2, 0.25) is 0 Å². The maximum Gasteiger partial charge on any atom is 0.226 e. The van der Waals surface area contributed by atoms with Gasteiger partial charge < -0.3 is 10.6 Å². The lowest BCUT2D eigenvalue weighted by molar-refractivity contribution is 1.07. The zero-order valence-electron chi connectivity index (χ0n) is 11.7. The number of rotatable bonds is 4. The van der Waals surface area contributed by atoms with Crippen LogP contribution in [-0.2, 0) is 0 Å². The molecule has 2 heterocycles. The maximum absolute atomic E-state index is 4.52. The molecule has 0 fully saturated rings. The van der Waals surface area contributed by atoms with Gasteiger partial charge in [-0.2, -0.15) is 15.1 Å². The smallest absolute Gasteiger partial charge is 0.226 e. The van der Waals surface area contributed by atoms with Gasteiger partial charge in [0.25, 0.3) is 0 Å². The number of nitrogens with one attached hydrogen (secondary N) is 3. The lowest BCUT2D eigenvalue weighted by atomic mass is 10.2. The predicted molar refractivity (Wildman–Crippen MR) is 88.0 cm³/mol. The highest BCUT2D eigenvalue weighted by Crippen LogP contribution is 2.28. The van der Waals surface area contributed by atoms with Crippen molar-refractivity contribution in [3.05, 3.63) is 34.4 Å². The summed E-state index contributed by atoms with van der Waals surface area (Å²) in [7, 11) is 0. The first kappa shape index (κ1) is 13.8. The first-order valence-corrected chi connectivity index (χ1v) is 7.45. The average Bonchev–Trinajstić information content (AvgIpc) is 2.93. The van der Waals surface area contributed by atoms with Gasteiger partial charge in [-0.05, 0) is 31.5 Å². The summed E-state index contributed by atoms with van der Waals surface area (Å²) >= 11 is 3.54. The third-order valence-corrected chi connectivity index (χ3v) is 4.02. The van der Waals surface area contributed by atoms with E-state index in [1.54, 1.807) is 6.20 Å². The Morgan fingerprint density at radius 3 is 2.95 bits per heavy atom. The highest BCUT2D eigenvalue weighted by atomic mass is 79.9. The Hall–Kier alpha value is -2.15. The Balaban J connectivity index is 2.06. The minimum absolute atomic E-state index is 0.574. The van der Waals surface area contributed by atoms with Crippen LogP contribution in [0.3, 0.4) is 0 Å². The molecule has 0 atom stereocenters. The molecular weight excluding hydrogens is 332 g/mol. The van der Waals surface area contributed by atoms with Gasteiger partial charge in [0.05, 0.1) is 11.6 Å². The van der Waals surface area contributed by atoms with Crippen molar-refractivity contribution >= 4 is 44.4 Å². The largest absolute Gasteiger partial charge is 0.354 e. The summed E-state index contributed by atoms with van der Waals surface area (Å²) in [6, 6.07) is 6.01. The van der Waals surface area contributed by atoms with Crippen molar-refractivity contribution in [3.63, 3.8) is 0 Å². The third-order valence-electron chi connectivity index (χ3n) is 3.17. The van der Waals surface area contributed by atoms with E-state index in [1.165, 1.54) is 0 Å². The van der Waals surface area contributed by atoms with Gasteiger partial charge in [-0.3, -0.25) is 5.10 Å². The molecule has 0 aliphatic heterocycles. The van der Waals surface area contributed by atoms with E-state index in [0.717, 1.165) is 33.5 Å². The number of hydrogen-bond donors (Lipinski definition) is 3. The van der Waals surface area contributed by atoms with Crippen LogP contribution in [0.25, 0.3) is 11.0 Å². The summed E-state index contributed by atoms with van der Waals surface area (Å²) in [5.41, 5.74) is 2.82. The van der Waals surface area contributed by atoms with Crippen molar-refractivity contribution in [2.24, 2.45) is 0 Å². The van der Waals surface area contributed by atoms with Crippen LogP contribution in [0.15, 0.2) is 28.9 Å². The molecule has 0 aliphatic carbocycles. The molecule has 2 aromatic heterocycles. The van der Waals surface area contributed by atoms with Gasteiger partial charge in [0, 0.05) is 16.7 Å². The molecular formula is C14H15BrN6. The fourth-order valence-corrected chi connectivity index (χ4v) is 2.40. The van der Waals surface area contributed by atoms with Crippen LogP contribution >= 0.6 is 15.9 Å². The Morgan fingerprint density at radius 1 is 1.29 bits per heavy atom. The van der Waals surface area contributed by atoms with Crippen LogP contribution in [0.1, 0.15) is 12.5 Å². The van der Waals surface area contributed by atoms with E-state index in [4.69, 9.17) is 0 Å². The SMILES string of the molecule is CCNc1nc(Nc2cccc(Br)c2C)c2cn[nH]c2n1. The Bertz CT molecular complexity index is 782. The number of aromatic nitrogens is 4. The van der Waals surface area contributed by atoms with Gasteiger partial charge in [-0.15, -0.1) is 0 Å². The van der Waals surface area contributed by atoms with Crippen molar-refractivity contribution in [3.8, 4) is 0 Å². The maximum atomic E-state index is 4.52. The molecule has 7 heteroatoms. The summed E-state index contributed by atoms with van der Waals surface area (Å²) in [5.74, 6) is 1.30. The molecule has 0 bridgehead atoms. The van der Waals surface area contributed by atoms with E-state index in [2.05, 4.69) is 46.7 Å². The molecule has 0 amide bonds. The van der Waals surface area contributed by atoms with Crippen LogP contribution in [-0.4, -0.2) is 26.7 Å². The van der Waals surface area contributed by atoms with Gasteiger partial charge in [0.1, 0.15) is 5.82 Å². The number of benzene rings is 1. The molecule has 0 spiro atoms. The normalized spacial score (nSPS) is 10.8. The van der Waals surface area contributed by atoms with Crippen molar-refractivity contribution in [1.29, 1.82) is 0 Å². The molecule has 6 nitrogen and oxygen atoms in total. The fourth-order valence-electron chi connectivity index (χ4n) is 2.04. The summed E-state index contributed by atoms with van der Waals surface area (Å²) < 4.78 is 1.05. The zero-order valence-corrected chi connectivity index (χ0v) is 13.3. The number of nitrogens with zero attached hydrogens (tertiary/aromatic N) is 3. The molecule has 0 saturated heterocycles. The molecule has 3 aromatic rings. The summed E-state index contributed by atoms with van der Waals surface area (Å²) in [5, 5.41) is 14.3. The van der Waals surface area contributed by atoms with Crippen LogP contribution in [0.4, 0.5) is 17.5 Å². The molecule has 3 N–H and O–H groups in total. The molecule has 0 saturated carbocycles. The molecule has 108 valence electrons. The Kier molecular flexibility index (Phi) is 3.74. The number of aromatic amines is 1. The van der Waals surface area contributed by atoms with Gasteiger partial charge in [-0.1, -0.05) is 22.0 Å². The van der Waals surface area contributed by atoms with Crippen LogP contribution < -0.4 is 10.6 Å². The van der Waals surface area contributed by atoms with Gasteiger partial charge in [-0.25, -0.2) is 0 Å². The lowest BCUT2D eigenvalue weighted by Crippen LogP contribution is -2.05. The number of anilines is 3. The third kappa shape index (κ3) is 2.69. The minimum atomic E-state index is 0.574. The monoisotopic (exact) mass is 346 g/mol. The number of H-pyrrole nitrogens is 1. The van der Waals surface area contributed by atoms with E-state index in [9.17, 15) is 0 Å². The standard InChI is InChI=1S/C14H15BrN6/c1-3-16-14-19-12(9-7-17-21-13(9)20-14)18-11-6-4-5-10(15)8(11)2/h4-7H,3H2,1-2H3,(H3,16,17,18,19,20,21). The van der Waals surface area contributed by atoms with Gasteiger partial charge in [0.15, 0.2) is 5.65 Å². The molecule has 0 radical (unpaired) electrons. The second kappa shape index (κ2) is 5.69. The van der Waals surface area contributed by atoms with E-state index >= 15 is 0 Å². The van der Waals surface area contributed by atoms with Crippen LogP contribution in [0, 0.1) is 6.92 Å². The summed E-state index contributed by atoms with van der Waals surface area (Å²) in [4.78, 5) is 8.90. The van der Waals surface area contributed by atoms with E-state index < -0.39 is 0 Å². The highest BCUT2D eigenvalue weighted by Gasteiger charge is 2.11. The number of halogens is 1. The van der Waals surface area contributed by atoms with Gasteiger partial charge >= 0.3 is 0 Å². The van der Waals surface area contributed by atoms with Crippen molar-refractivity contribution in [2.45, 2.75) is 13.8 Å². The summed E-state index contributed by atoms with van der Waals surface area (Å²) in [6.07, 6.45) is 1.72. The lowest BCUT2D eigenvalue weighted by Gasteiger charge is -2.12. The average molecular weight is 347 g/mol. The van der Waals surface area contributed by atoms with Crippen molar-refractivity contribution in [1.82, 2.24) is 20.2 Å². The topological polar surface area (TPSA) is 78.5 Å². The second-order valence-corrected chi connectivity index (χ2v) is 5.45.